The van der Waals surface area contributed by atoms with Gasteiger partial charge in [0.25, 0.3) is 11.8 Å². The average Bonchev–Trinajstić information content (AvgIpc) is 3.23. The van der Waals surface area contributed by atoms with Gasteiger partial charge in [-0.25, -0.2) is 9.48 Å². The van der Waals surface area contributed by atoms with E-state index in [1.807, 2.05) is 43.5 Å². The van der Waals surface area contributed by atoms with E-state index in [9.17, 15) is 19.5 Å². The van der Waals surface area contributed by atoms with E-state index in [0.29, 0.717) is 29.2 Å². The van der Waals surface area contributed by atoms with Crippen molar-refractivity contribution in [3.63, 3.8) is 0 Å². The van der Waals surface area contributed by atoms with E-state index in [2.05, 4.69) is 20.9 Å². The summed E-state index contributed by atoms with van der Waals surface area (Å²) >= 11 is 1.48. The van der Waals surface area contributed by atoms with Crippen LogP contribution in [0.2, 0.25) is 0 Å². The molecule has 10 heteroatoms. The molecule has 3 aromatic rings. The van der Waals surface area contributed by atoms with Crippen molar-refractivity contribution in [2.45, 2.75) is 25.1 Å². The molecule has 2 aromatic carbocycles. The zero-order valence-corrected chi connectivity index (χ0v) is 19.1. The standard InChI is InChI=1S/C23H25N5O4S/c1-3-24-21(29)16-9-11-17(12-10-16)28-19(14-33-2)20(26-27-28)22(30)25-18(23(31)32)13-15-7-5-4-6-8-15/h4-12,18H,3,13-14H2,1-2H3,(H,24,29)(H,25,30)(H,31,32). The van der Waals surface area contributed by atoms with Crippen LogP contribution in [-0.2, 0) is 17.0 Å². The molecular formula is C23H25N5O4S. The number of carbonyl (C=O) groups is 3. The lowest BCUT2D eigenvalue weighted by Gasteiger charge is -2.14. The van der Waals surface area contributed by atoms with E-state index in [1.54, 1.807) is 24.3 Å². The molecule has 0 saturated carbocycles. The maximum Gasteiger partial charge on any atom is 0.326 e. The molecule has 1 unspecified atom stereocenters. The van der Waals surface area contributed by atoms with Gasteiger partial charge in [0.15, 0.2) is 5.69 Å². The van der Waals surface area contributed by atoms with Crippen LogP contribution < -0.4 is 10.6 Å². The first-order chi connectivity index (χ1) is 15.9. The van der Waals surface area contributed by atoms with Gasteiger partial charge in [-0.1, -0.05) is 35.5 Å². The quantitative estimate of drug-likeness (QED) is 0.418. The van der Waals surface area contributed by atoms with E-state index >= 15 is 0 Å². The Morgan fingerprint density at radius 1 is 1.06 bits per heavy atom. The molecule has 3 rings (SSSR count). The van der Waals surface area contributed by atoms with Crippen LogP contribution in [0.5, 0.6) is 0 Å². The van der Waals surface area contributed by atoms with E-state index in [0.717, 1.165) is 5.56 Å². The minimum atomic E-state index is -1.13. The molecule has 1 heterocycles. The Morgan fingerprint density at radius 3 is 2.36 bits per heavy atom. The van der Waals surface area contributed by atoms with Crippen molar-refractivity contribution in [2.24, 2.45) is 0 Å². The molecule has 0 aliphatic carbocycles. The highest BCUT2D eigenvalue weighted by Crippen LogP contribution is 2.19. The molecule has 3 N–H and O–H groups in total. The van der Waals surface area contributed by atoms with Gasteiger partial charge in [0, 0.05) is 24.3 Å². The summed E-state index contributed by atoms with van der Waals surface area (Å²) in [4.78, 5) is 36.7. The van der Waals surface area contributed by atoms with Crippen molar-refractivity contribution in [1.82, 2.24) is 25.6 Å². The second-order valence-electron chi connectivity index (χ2n) is 7.19. The van der Waals surface area contributed by atoms with Crippen LogP contribution in [0.4, 0.5) is 0 Å². The van der Waals surface area contributed by atoms with Crippen LogP contribution in [0, 0.1) is 0 Å². The van der Waals surface area contributed by atoms with E-state index in [4.69, 9.17) is 0 Å². The largest absolute Gasteiger partial charge is 0.480 e. The third-order valence-electron chi connectivity index (χ3n) is 4.86. The van der Waals surface area contributed by atoms with E-state index in [1.165, 1.54) is 16.4 Å². The lowest BCUT2D eigenvalue weighted by Crippen LogP contribution is -2.42. The van der Waals surface area contributed by atoms with E-state index in [-0.39, 0.29) is 18.0 Å². The molecule has 0 spiro atoms. The third-order valence-corrected chi connectivity index (χ3v) is 5.42. The van der Waals surface area contributed by atoms with Crippen LogP contribution in [0.15, 0.2) is 54.6 Å². The Morgan fingerprint density at radius 2 is 1.76 bits per heavy atom. The van der Waals surface area contributed by atoms with Crippen molar-refractivity contribution >= 4 is 29.5 Å². The summed E-state index contributed by atoms with van der Waals surface area (Å²) in [6.07, 6.45) is 2.03. The number of aromatic nitrogens is 3. The summed E-state index contributed by atoms with van der Waals surface area (Å²) in [5.74, 6) is -1.48. The highest BCUT2D eigenvalue weighted by Gasteiger charge is 2.26. The highest BCUT2D eigenvalue weighted by molar-refractivity contribution is 7.97. The number of carbonyl (C=O) groups excluding carboxylic acids is 2. The third kappa shape index (κ3) is 5.98. The van der Waals surface area contributed by atoms with Crippen molar-refractivity contribution in [1.29, 1.82) is 0 Å². The average molecular weight is 468 g/mol. The molecule has 0 bridgehead atoms. The van der Waals surface area contributed by atoms with Gasteiger partial charge in [-0.05, 0) is 43.0 Å². The van der Waals surface area contributed by atoms with Crippen LogP contribution in [-0.4, -0.2) is 56.7 Å². The summed E-state index contributed by atoms with van der Waals surface area (Å²) < 4.78 is 1.53. The van der Waals surface area contributed by atoms with Gasteiger partial charge in [0.2, 0.25) is 0 Å². The van der Waals surface area contributed by atoms with E-state index < -0.39 is 17.9 Å². The van der Waals surface area contributed by atoms with Gasteiger partial charge in [0.1, 0.15) is 6.04 Å². The summed E-state index contributed by atoms with van der Waals surface area (Å²) in [6.45, 7) is 2.37. The van der Waals surface area contributed by atoms with Crippen molar-refractivity contribution < 1.29 is 19.5 Å². The van der Waals surface area contributed by atoms with Gasteiger partial charge in [-0.2, -0.15) is 11.8 Å². The molecule has 172 valence electrons. The maximum atomic E-state index is 13.0. The number of nitrogens with one attached hydrogen (secondary N) is 2. The first-order valence-corrected chi connectivity index (χ1v) is 11.7. The Hall–Kier alpha value is -3.66. The monoisotopic (exact) mass is 467 g/mol. The number of benzene rings is 2. The fourth-order valence-electron chi connectivity index (χ4n) is 3.24. The maximum absolute atomic E-state index is 13.0. The van der Waals surface area contributed by atoms with Gasteiger partial charge in [-0.15, -0.1) is 5.10 Å². The fourth-order valence-corrected chi connectivity index (χ4v) is 3.78. The van der Waals surface area contributed by atoms with Crippen molar-refractivity contribution in [3.05, 3.63) is 77.1 Å². The normalized spacial score (nSPS) is 11.6. The predicted molar refractivity (Wildman–Crippen MR) is 126 cm³/mol. The molecular weight excluding hydrogens is 442 g/mol. The van der Waals surface area contributed by atoms with Crippen molar-refractivity contribution in [2.75, 3.05) is 12.8 Å². The molecule has 1 aromatic heterocycles. The number of amides is 2. The van der Waals surface area contributed by atoms with Crippen molar-refractivity contribution in [3.8, 4) is 5.69 Å². The first kappa shape index (κ1) is 24.0. The summed E-state index contributed by atoms with van der Waals surface area (Å²) in [5, 5.41) is 23.1. The molecule has 2 amide bonds. The molecule has 0 fully saturated rings. The van der Waals surface area contributed by atoms with Crippen LogP contribution >= 0.6 is 11.8 Å². The Labute approximate surface area is 195 Å². The fraction of sp³-hybridized carbons (Fsp3) is 0.261. The van der Waals surface area contributed by atoms with Gasteiger partial charge in [-0.3, -0.25) is 9.59 Å². The minimum Gasteiger partial charge on any atom is -0.480 e. The number of hydrogen-bond donors (Lipinski definition) is 3. The zero-order valence-electron chi connectivity index (χ0n) is 18.3. The minimum absolute atomic E-state index is 0.0662. The molecule has 1 atom stereocenters. The first-order valence-electron chi connectivity index (χ1n) is 10.3. The number of rotatable bonds is 10. The number of carboxylic acids is 1. The zero-order chi connectivity index (χ0) is 23.8. The van der Waals surface area contributed by atoms with Gasteiger partial charge >= 0.3 is 5.97 Å². The second-order valence-corrected chi connectivity index (χ2v) is 8.06. The molecule has 0 aliphatic heterocycles. The molecule has 0 saturated heterocycles. The summed E-state index contributed by atoms with van der Waals surface area (Å²) in [5.41, 5.74) is 2.55. The topological polar surface area (TPSA) is 126 Å². The SMILES string of the molecule is CCNC(=O)c1ccc(-n2nnc(C(=O)NC(Cc3ccccc3)C(=O)O)c2CSC)cc1. The van der Waals surface area contributed by atoms with Gasteiger partial charge < -0.3 is 15.7 Å². The van der Waals surface area contributed by atoms with Crippen LogP contribution in [0.3, 0.4) is 0 Å². The Balaban J connectivity index is 1.84. The molecule has 0 aliphatic rings. The van der Waals surface area contributed by atoms with Crippen LogP contribution in [0.1, 0.15) is 39.0 Å². The lowest BCUT2D eigenvalue weighted by atomic mass is 10.1. The summed E-state index contributed by atoms with van der Waals surface area (Å²) in [7, 11) is 0. The number of nitrogens with zero attached hydrogens (tertiary/aromatic N) is 3. The highest BCUT2D eigenvalue weighted by atomic mass is 32.2. The number of carboxylic acid groups (broad SMARTS) is 1. The van der Waals surface area contributed by atoms with Gasteiger partial charge in [0.05, 0.1) is 11.4 Å². The Kier molecular flexibility index (Phi) is 8.20. The number of thioether (sulfide) groups is 1. The predicted octanol–water partition coefficient (Wildman–Crippen LogP) is 2.31. The lowest BCUT2D eigenvalue weighted by molar-refractivity contribution is -0.139. The second kappa shape index (κ2) is 11.3. The number of hydrogen-bond acceptors (Lipinski definition) is 6. The van der Waals surface area contributed by atoms with Crippen LogP contribution in [0.25, 0.3) is 5.69 Å². The number of aliphatic carboxylic acids is 1. The Bertz CT molecular complexity index is 1120. The summed E-state index contributed by atoms with van der Waals surface area (Å²) in [6, 6.07) is 14.8. The molecule has 33 heavy (non-hydrogen) atoms. The molecule has 9 nitrogen and oxygen atoms in total. The molecule has 0 radical (unpaired) electrons. The smallest absolute Gasteiger partial charge is 0.326 e.